The maximum atomic E-state index is 5.27. The molecule has 1 aliphatic rings. The number of ether oxygens (including phenoxy) is 1. The lowest BCUT2D eigenvalue weighted by Crippen LogP contribution is -2.34. The molecule has 0 aromatic rings. The second kappa shape index (κ2) is 8.04. The highest BCUT2D eigenvalue weighted by molar-refractivity contribution is 4.65. The molecule has 0 aromatic carbocycles. The molecule has 96 valence electrons. The first-order valence-electron chi connectivity index (χ1n) is 6.66. The van der Waals surface area contributed by atoms with E-state index in [1.54, 1.807) is 7.11 Å². The zero-order valence-corrected chi connectivity index (χ0v) is 11.2. The largest absolute Gasteiger partial charge is 0.380 e. The summed E-state index contributed by atoms with van der Waals surface area (Å²) in [7, 11) is 3.97. The van der Waals surface area contributed by atoms with Gasteiger partial charge in [-0.1, -0.05) is 6.42 Å². The van der Waals surface area contributed by atoms with Crippen molar-refractivity contribution in [3.05, 3.63) is 0 Å². The van der Waals surface area contributed by atoms with Crippen LogP contribution in [0.4, 0.5) is 0 Å². The van der Waals surface area contributed by atoms with E-state index >= 15 is 0 Å². The predicted octanol–water partition coefficient (Wildman–Crippen LogP) is 1.83. The molecule has 16 heavy (non-hydrogen) atoms. The van der Waals surface area contributed by atoms with Crippen LogP contribution in [0.1, 0.15) is 32.6 Å². The molecule has 0 aliphatic carbocycles. The number of likely N-dealkylation sites (N-methyl/N-ethyl adjacent to an activating group) is 1. The van der Waals surface area contributed by atoms with E-state index in [0.717, 1.165) is 6.54 Å². The molecule has 1 heterocycles. The number of methoxy groups -OCH3 is 1. The normalized spacial score (nSPS) is 20.2. The molecular weight excluding hydrogens is 200 g/mol. The summed E-state index contributed by atoms with van der Waals surface area (Å²) >= 11 is 0. The highest BCUT2D eigenvalue weighted by atomic mass is 16.5. The van der Waals surface area contributed by atoms with Gasteiger partial charge >= 0.3 is 0 Å². The van der Waals surface area contributed by atoms with Crippen molar-refractivity contribution in [2.24, 2.45) is 0 Å². The molecule has 0 bridgehead atoms. The number of hydrogen-bond acceptors (Lipinski definition) is 3. The highest BCUT2D eigenvalue weighted by Gasteiger charge is 2.10. The first-order chi connectivity index (χ1) is 7.72. The molecule has 1 rings (SSSR count). The molecule has 0 aromatic heterocycles. The van der Waals surface area contributed by atoms with Gasteiger partial charge in [-0.05, 0) is 59.4 Å². The quantitative estimate of drug-likeness (QED) is 0.661. The Morgan fingerprint density at radius 3 is 2.56 bits per heavy atom. The Hall–Kier alpha value is -0.120. The lowest BCUT2D eigenvalue weighted by Gasteiger charge is -2.27. The average Bonchev–Trinajstić information content (AvgIpc) is 2.30. The maximum Gasteiger partial charge on any atom is 0.0669 e. The minimum absolute atomic E-state index is 0.347. The Morgan fingerprint density at radius 2 is 1.94 bits per heavy atom. The Balaban J connectivity index is 2.00. The van der Waals surface area contributed by atoms with Crippen molar-refractivity contribution in [1.82, 2.24) is 9.80 Å². The zero-order chi connectivity index (χ0) is 11.8. The molecule has 1 atom stereocenters. The molecule has 0 amide bonds. The van der Waals surface area contributed by atoms with Crippen LogP contribution in [0.2, 0.25) is 0 Å². The van der Waals surface area contributed by atoms with Gasteiger partial charge in [0, 0.05) is 13.7 Å². The molecule has 1 saturated heterocycles. The summed E-state index contributed by atoms with van der Waals surface area (Å²) in [5.74, 6) is 0. The van der Waals surface area contributed by atoms with Gasteiger partial charge in [-0.3, -0.25) is 0 Å². The number of rotatable bonds is 7. The molecular formula is C13H28N2O. The molecule has 0 N–H and O–H groups in total. The van der Waals surface area contributed by atoms with Gasteiger partial charge in [0.25, 0.3) is 0 Å². The number of piperidine rings is 1. The van der Waals surface area contributed by atoms with Crippen LogP contribution in [0, 0.1) is 0 Å². The second-order valence-corrected chi connectivity index (χ2v) is 5.06. The minimum atomic E-state index is 0.347. The van der Waals surface area contributed by atoms with Gasteiger partial charge in [-0.15, -0.1) is 0 Å². The van der Waals surface area contributed by atoms with Crippen LogP contribution in [0.15, 0.2) is 0 Å². The Morgan fingerprint density at radius 1 is 1.25 bits per heavy atom. The fourth-order valence-electron chi connectivity index (χ4n) is 2.35. The lowest BCUT2D eigenvalue weighted by atomic mass is 10.1. The van der Waals surface area contributed by atoms with E-state index < -0.39 is 0 Å². The summed E-state index contributed by atoms with van der Waals surface area (Å²) in [4.78, 5) is 4.98. The van der Waals surface area contributed by atoms with Crippen molar-refractivity contribution in [3.63, 3.8) is 0 Å². The molecule has 1 unspecified atom stereocenters. The fourth-order valence-corrected chi connectivity index (χ4v) is 2.35. The molecule has 1 aliphatic heterocycles. The van der Waals surface area contributed by atoms with Gasteiger partial charge in [-0.2, -0.15) is 0 Å². The van der Waals surface area contributed by atoms with E-state index in [2.05, 4.69) is 23.8 Å². The van der Waals surface area contributed by atoms with E-state index in [1.165, 1.54) is 51.9 Å². The van der Waals surface area contributed by atoms with Crippen LogP contribution in [-0.4, -0.2) is 62.8 Å². The zero-order valence-electron chi connectivity index (χ0n) is 11.2. The van der Waals surface area contributed by atoms with Crippen LogP contribution < -0.4 is 0 Å². The van der Waals surface area contributed by atoms with Gasteiger partial charge in [0.1, 0.15) is 0 Å². The predicted molar refractivity (Wildman–Crippen MR) is 68.9 cm³/mol. The van der Waals surface area contributed by atoms with Gasteiger partial charge in [0.15, 0.2) is 0 Å². The smallest absolute Gasteiger partial charge is 0.0669 e. The topological polar surface area (TPSA) is 15.7 Å². The molecule has 3 heteroatoms. The molecule has 1 fully saturated rings. The minimum Gasteiger partial charge on any atom is -0.380 e. The molecule has 0 spiro atoms. The summed E-state index contributed by atoms with van der Waals surface area (Å²) < 4.78 is 5.27. The summed E-state index contributed by atoms with van der Waals surface area (Å²) in [5.41, 5.74) is 0. The first-order valence-corrected chi connectivity index (χ1v) is 6.66. The summed E-state index contributed by atoms with van der Waals surface area (Å²) in [6.07, 6.45) is 5.86. The number of hydrogen-bond donors (Lipinski definition) is 0. The van der Waals surface area contributed by atoms with Crippen molar-refractivity contribution in [1.29, 1.82) is 0 Å². The van der Waals surface area contributed by atoms with E-state index in [4.69, 9.17) is 4.74 Å². The summed E-state index contributed by atoms with van der Waals surface area (Å²) in [6, 6.07) is 0. The molecule has 0 radical (unpaired) electrons. The summed E-state index contributed by atoms with van der Waals surface area (Å²) in [6.45, 7) is 8.25. The molecule has 0 saturated carbocycles. The van der Waals surface area contributed by atoms with Gasteiger partial charge in [0.2, 0.25) is 0 Å². The van der Waals surface area contributed by atoms with Crippen molar-refractivity contribution in [2.45, 2.75) is 38.7 Å². The van der Waals surface area contributed by atoms with E-state index in [1.807, 2.05) is 0 Å². The highest BCUT2D eigenvalue weighted by Crippen LogP contribution is 2.08. The maximum absolute atomic E-state index is 5.27. The van der Waals surface area contributed by atoms with Crippen LogP contribution in [0.5, 0.6) is 0 Å². The Labute approximate surface area is 101 Å². The monoisotopic (exact) mass is 228 g/mol. The lowest BCUT2D eigenvalue weighted by molar-refractivity contribution is 0.0839. The van der Waals surface area contributed by atoms with E-state index in [0.29, 0.717) is 6.10 Å². The third-order valence-corrected chi connectivity index (χ3v) is 3.43. The van der Waals surface area contributed by atoms with Crippen LogP contribution >= 0.6 is 0 Å². The SMILES string of the molecule is COC(C)CN(C)CCCN1CCCCC1. The van der Waals surface area contributed by atoms with Crippen molar-refractivity contribution in [2.75, 3.05) is 46.9 Å². The number of likely N-dealkylation sites (tertiary alicyclic amines) is 1. The third kappa shape index (κ3) is 5.83. The Kier molecular flexibility index (Phi) is 7.01. The summed E-state index contributed by atoms with van der Waals surface area (Å²) in [5, 5.41) is 0. The second-order valence-electron chi connectivity index (χ2n) is 5.06. The van der Waals surface area contributed by atoms with Crippen LogP contribution in [-0.2, 0) is 4.74 Å². The standard InChI is InChI=1S/C13H28N2O/c1-13(16-3)12-14(2)8-7-11-15-9-5-4-6-10-15/h13H,4-12H2,1-3H3. The fraction of sp³-hybridized carbons (Fsp3) is 1.00. The van der Waals surface area contributed by atoms with E-state index in [-0.39, 0.29) is 0 Å². The van der Waals surface area contributed by atoms with Gasteiger partial charge in [0.05, 0.1) is 6.10 Å². The van der Waals surface area contributed by atoms with Crippen LogP contribution in [0.25, 0.3) is 0 Å². The van der Waals surface area contributed by atoms with Crippen molar-refractivity contribution < 1.29 is 4.74 Å². The van der Waals surface area contributed by atoms with Crippen molar-refractivity contribution in [3.8, 4) is 0 Å². The Bertz CT molecular complexity index is 169. The average molecular weight is 228 g/mol. The molecule has 3 nitrogen and oxygen atoms in total. The first kappa shape index (κ1) is 13.9. The van der Waals surface area contributed by atoms with Crippen LogP contribution in [0.3, 0.4) is 0 Å². The third-order valence-electron chi connectivity index (χ3n) is 3.43. The van der Waals surface area contributed by atoms with E-state index in [9.17, 15) is 0 Å². The number of nitrogens with zero attached hydrogens (tertiary/aromatic N) is 2. The van der Waals surface area contributed by atoms with Crippen molar-refractivity contribution >= 4 is 0 Å². The van der Waals surface area contributed by atoms with Gasteiger partial charge < -0.3 is 14.5 Å². The van der Waals surface area contributed by atoms with Gasteiger partial charge in [-0.25, -0.2) is 0 Å².